The van der Waals surface area contributed by atoms with E-state index >= 15 is 0 Å². The summed E-state index contributed by atoms with van der Waals surface area (Å²) in [7, 11) is 0. The number of thiophene rings is 1. The molecule has 0 aromatic carbocycles. The molecule has 0 bridgehead atoms. The van der Waals surface area contributed by atoms with Gasteiger partial charge in [-0.3, -0.25) is 4.90 Å². The molecule has 4 nitrogen and oxygen atoms in total. The zero-order valence-corrected chi connectivity index (χ0v) is 12.2. The molecule has 1 aliphatic heterocycles. The maximum Gasteiger partial charge on any atom is 0.136 e. The smallest absolute Gasteiger partial charge is 0.136 e. The minimum atomic E-state index is 0.0727. The Morgan fingerprint density at radius 1 is 1.47 bits per heavy atom. The van der Waals surface area contributed by atoms with Crippen LogP contribution in [-0.2, 0) is 11.3 Å². The van der Waals surface area contributed by atoms with Gasteiger partial charge in [-0.15, -0.1) is 11.3 Å². The van der Waals surface area contributed by atoms with Gasteiger partial charge in [0.05, 0.1) is 6.61 Å². The van der Waals surface area contributed by atoms with Crippen molar-refractivity contribution in [3.8, 4) is 0 Å². The summed E-state index contributed by atoms with van der Waals surface area (Å²) >= 11 is 1.88. The molecule has 0 amide bonds. The molecule has 2 aromatic rings. The highest BCUT2D eigenvalue weighted by Gasteiger charge is 2.24. The SMILES string of the molecule is Cc1cnc(C2CN(Cc3ccc(C)s3)CCO2)[nH]1. The van der Waals surface area contributed by atoms with Crippen molar-refractivity contribution in [2.45, 2.75) is 26.5 Å². The van der Waals surface area contributed by atoms with Gasteiger partial charge in [0.25, 0.3) is 0 Å². The summed E-state index contributed by atoms with van der Waals surface area (Å²) in [4.78, 5) is 12.9. The van der Waals surface area contributed by atoms with E-state index in [1.165, 1.54) is 9.75 Å². The number of hydrogen-bond donors (Lipinski definition) is 1. The van der Waals surface area contributed by atoms with Gasteiger partial charge in [0.2, 0.25) is 0 Å². The Bertz CT molecular complexity index is 548. The lowest BCUT2D eigenvalue weighted by atomic mass is 10.2. The number of aromatic nitrogens is 2. The molecule has 0 spiro atoms. The maximum absolute atomic E-state index is 5.82. The molecule has 0 radical (unpaired) electrons. The van der Waals surface area contributed by atoms with Crippen molar-refractivity contribution in [3.63, 3.8) is 0 Å². The van der Waals surface area contributed by atoms with Crippen molar-refractivity contribution in [1.29, 1.82) is 0 Å². The van der Waals surface area contributed by atoms with E-state index in [9.17, 15) is 0 Å². The topological polar surface area (TPSA) is 41.2 Å². The van der Waals surface area contributed by atoms with Gasteiger partial charge in [-0.1, -0.05) is 0 Å². The van der Waals surface area contributed by atoms with Crippen LogP contribution in [0.1, 0.15) is 27.4 Å². The molecule has 19 heavy (non-hydrogen) atoms. The lowest BCUT2D eigenvalue weighted by molar-refractivity contribution is -0.0365. The van der Waals surface area contributed by atoms with Gasteiger partial charge in [0.1, 0.15) is 11.9 Å². The highest BCUT2D eigenvalue weighted by Crippen LogP contribution is 2.23. The number of aromatic amines is 1. The molecule has 1 fully saturated rings. The van der Waals surface area contributed by atoms with Crippen LogP contribution in [0.15, 0.2) is 18.3 Å². The first-order chi connectivity index (χ1) is 9.20. The van der Waals surface area contributed by atoms with Crippen LogP contribution in [0.3, 0.4) is 0 Å². The first kappa shape index (κ1) is 12.8. The van der Waals surface area contributed by atoms with Gasteiger partial charge in [-0.25, -0.2) is 4.98 Å². The number of aryl methyl sites for hydroxylation is 2. The quantitative estimate of drug-likeness (QED) is 0.937. The van der Waals surface area contributed by atoms with E-state index in [1.54, 1.807) is 0 Å². The first-order valence-electron chi connectivity index (χ1n) is 6.61. The predicted molar refractivity (Wildman–Crippen MR) is 76.4 cm³/mol. The fourth-order valence-corrected chi connectivity index (χ4v) is 3.33. The molecule has 1 unspecified atom stereocenters. The molecule has 1 aliphatic rings. The number of hydrogen-bond acceptors (Lipinski definition) is 4. The predicted octanol–water partition coefficient (Wildman–Crippen LogP) is 2.66. The Morgan fingerprint density at radius 2 is 2.37 bits per heavy atom. The van der Waals surface area contributed by atoms with E-state index in [0.717, 1.165) is 37.8 Å². The lowest BCUT2D eigenvalue weighted by Gasteiger charge is -2.31. The Hall–Kier alpha value is -1.17. The van der Waals surface area contributed by atoms with Crippen molar-refractivity contribution in [3.05, 3.63) is 39.6 Å². The summed E-state index contributed by atoms with van der Waals surface area (Å²) < 4.78 is 5.82. The fraction of sp³-hybridized carbons (Fsp3) is 0.500. The molecule has 3 rings (SSSR count). The van der Waals surface area contributed by atoms with Crippen LogP contribution in [0.4, 0.5) is 0 Å². The van der Waals surface area contributed by atoms with Crippen LogP contribution in [-0.4, -0.2) is 34.6 Å². The van der Waals surface area contributed by atoms with Gasteiger partial charge in [0.15, 0.2) is 0 Å². The summed E-state index contributed by atoms with van der Waals surface area (Å²) in [5.74, 6) is 0.949. The molecule has 2 aromatic heterocycles. The molecule has 3 heterocycles. The number of nitrogens with zero attached hydrogens (tertiary/aromatic N) is 2. The number of nitrogens with one attached hydrogen (secondary N) is 1. The molecular weight excluding hydrogens is 258 g/mol. The molecule has 102 valence electrons. The van der Waals surface area contributed by atoms with Gasteiger partial charge >= 0.3 is 0 Å². The van der Waals surface area contributed by atoms with Crippen molar-refractivity contribution in [2.24, 2.45) is 0 Å². The third-order valence-corrected chi connectivity index (χ3v) is 4.34. The van der Waals surface area contributed by atoms with Crippen LogP contribution >= 0.6 is 11.3 Å². The van der Waals surface area contributed by atoms with Crippen LogP contribution in [0.25, 0.3) is 0 Å². The van der Waals surface area contributed by atoms with Gasteiger partial charge < -0.3 is 9.72 Å². The summed E-state index contributed by atoms with van der Waals surface area (Å²) in [5.41, 5.74) is 1.09. The lowest BCUT2D eigenvalue weighted by Crippen LogP contribution is -2.38. The van der Waals surface area contributed by atoms with Crippen LogP contribution in [0, 0.1) is 13.8 Å². The fourth-order valence-electron chi connectivity index (χ4n) is 2.40. The van der Waals surface area contributed by atoms with Crippen LogP contribution < -0.4 is 0 Å². The number of ether oxygens (including phenoxy) is 1. The number of imidazole rings is 1. The molecule has 0 aliphatic carbocycles. The Kier molecular flexibility index (Phi) is 3.68. The minimum absolute atomic E-state index is 0.0727. The third-order valence-electron chi connectivity index (χ3n) is 3.35. The van der Waals surface area contributed by atoms with E-state index in [1.807, 2.05) is 24.5 Å². The van der Waals surface area contributed by atoms with E-state index in [4.69, 9.17) is 4.74 Å². The van der Waals surface area contributed by atoms with Crippen LogP contribution in [0.2, 0.25) is 0 Å². The highest BCUT2D eigenvalue weighted by atomic mass is 32.1. The molecule has 1 N–H and O–H groups in total. The number of morpholine rings is 1. The van der Waals surface area contributed by atoms with Crippen LogP contribution in [0.5, 0.6) is 0 Å². The standard InChI is InChI=1S/C14H19N3OS/c1-10-7-15-14(16-10)13-9-17(5-6-18-13)8-12-4-3-11(2)19-12/h3-4,7,13H,5-6,8-9H2,1-2H3,(H,15,16). The second-order valence-corrected chi connectivity index (χ2v) is 6.43. The molecule has 1 atom stereocenters. The summed E-state index contributed by atoms with van der Waals surface area (Å²) in [6, 6.07) is 4.41. The number of rotatable bonds is 3. The van der Waals surface area contributed by atoms with Crippen molar-refractivity contribution >= 4 is 11.3 Å². The first-order valence-corrected chi connectivity index (χ1v) is 7.43. The Balaban J connectivity index is 1.64. The highest BCUT2D eigenvalue weighted by molar-refractivity contribution is 7.11. The third kappa shape index (κ3) is 3.05. The number of H-pyrrole nitrogens is 1. The summed E-state index contributed by atoms with van der Waals surface area (Å²) in [5, 5.41) is 0. The molecule has 0 saturated carbocycles. The van der Waals surface area contributed by atoms with Gasteiger partial charge in [-0.2, -0.15) is 0 Å². The van der Waals surface area contributed by atoms with Crippen molar-refractivity contribution in [2.75, 3.05) is 19.7 Å². The zero-order chi connectivity index (χ0) is 13.2. The van der Waals surface area contributed by atoms with Crippen molar-refractivity contribution < 1.29 is 4.74 Å². The van der Waals surface area contributed by atoms with E-state index in [-0.39, 0.29) is 6.10 Å². The van der Waals surface area contributed by atoms with E-state index in [0.29, 0.717) is 0 Å². The molecular formula is C14H19N3OS. The second-order valence-electron chi connectivity index (χ2n) is 5.06. The molecule has 5 heteroatoms. The maximum atomic E-state index is 5.82. The summed E-state index contributed by atoms with van der Waals surface area (Å²) in [6.07, 6.45) is 1.93. The average molecular weight is 277 g/mol. The Labute approximate surface area is 117 Å². The van der Waals surface area contributed by atoms with E-state index in [2.05, 4.69) is 33.9 Å². The largest absolute Gasteiger partial charge is 0.368 e. The normalized spacial score (nSPS) is 20.8. The minimum Gasteiger partial charge on any atom is -0.368 e. The van der Waals surface area contributed by atoms with E-state index < -0.39 is 0 Å². The molecule has 1 saturated heterocycles. The van der Waals surface area contributed by atoms with Crippen molar-refractivity contribution in [1.82, 2.24) is 14.9 Å². The summed E-state index contributed by atoms with van der Waals surface area (Å²) in [6.45, 7) is 7.86. The second kappa shape index (κ2) is 5.45. The van der Waals surface area contributed by atoms with Gasteiger partial charge in [-0.05, 0) is 26.0 Å². The monoisotopic (exact) mass is 277 g/mol. The average Bonchev–Trinajstić information content (AvgIpc) is 2.99. The Morgan fingerprint density at radius 3 is 3.05 bits per heavy atom. The zero-order valence-electron chi connectivity index (χ0n) is 11.3. The van der Waals surface area contributed by atoms with Gasteiger partial charge in [0, 0.05) is 41.3 Å².